The van der Waals surface area contributed by atoms with Crippen molar-refractivity contribution in [1.82, 2.24) is 15.2 Å². The molecule has 0 saturated heterocycles. The van der Waals surface area contributed by atoms with Crippen molar-refractivity contribution in [3.05, 3.63) is 0 Å². The van der Waals surface area contributed by atoms with Gasteiger partial charge in [0, 0.05) is 5.25 Å². The van der Waals surface area contributed by atoms with E-state index in [1.165, 1.54) is 0 Å². The van der Waals surface area contributed by atoms with Gasteiger partial charge < -0.3 is 5.73 Å². The molecule has 11 heavy (non-hydrogen) atoms. The van der Waals surface area contributed by atoms with Crippen LogP contribution in [-0.4, -0.2) is 24.6 Å². The number of nitrogen functional groups attached to an aromatic ring is 1. The van der Waals surface area contributed by atoms with Gasteiger partial charge in [-0.05, 0) is 0 Å². The number of nitrogens with two attached hydrogens (primary N) is 1. The molecule has 1 atom stereocenters. The van der Waals surface area contributed by atoms with Gasteiger partial charge in [0.15, 0.2) is 0 Å². The number of anilines is 1. The topological polar surface area (TPSA) is 84.7 Å². The van der Waals surface area contributed by atoms with Crippen molar-refractivity contribution in [3.63, 3.8) is 0 Å². The summed E-state index contributed by atoms with van der Waals surface area (Å²) in [7, 11) is -1.12. The smallest absolute Gasteiger partial charge is 0.240 e. The predicted octanol–water partition coefficient (Wildman–Crippen LogP) is -0.0971. The minimum atomic E-state index is -1.12. The molecule has 0 aliphatic rings. The van der Waals surface area contributed by atoms with Gasteiger partial charge in [-0.3, -0.25) is 9.31 Å². The lowest BCUT2D eigenvalue weighted by Gasteiger charge is -1.98. The van der Waals surface area contributed by atoms with Crippen molar-refractivity contribution in [2.75, 3.05) is 5.73 Å². The highest BCUT2D eigenvalue weighted by molar-refractivity contribution is 7.85. The van der Waals surface area contributed by atoms with Crippen molar-refractivity contribution in [1.29, 1.82) is 0 Å². The standard InChI is InChI=1S/C5H10N4OS/c1-3(2)11(10)5-7-4(6)8-9-5/h3H,1-2H3,(H3,6,7,8,9)/t11-/m1/s1. The molecule has 1 aromatic rings. The SMILES string of the molecule is CC(C)[S@@](=O)c1nc(N)n[nH]1. The summed E-state index contributed by atoms with van der Waals surface area (Å²) in [4.78, 5) is 3.74. The number of H-pyrrole nitrogens is 1. The molecule has 1 rings (SSSR count). The Labute approximate surface area is 66.9 Å². The summed E-state index contributed by atoms with van der Waals surface area (Å²) in [6, 6.07) is 0. The Balaban J connectivity index is 2.85. The number of aromatic nitrogens is 3. The fraction of sp³-hybridized carbons (Fsp3) is 0.600. The molecular formula is C5H10N4OS. The monoisotopic (exact) mass is 174 g/mol. The van der Waals surface area contributed by atoms with Crippen LogP contribution >= 0.6 is 0 Å². The van der Waals surface area contributed by atoms with Gasteiger partial charge in [-0.25, -0.2) is 0 Å². The fourth-order valence-electron chi connectivity index (χ4n) is 0.572. The first-order valence-electron chi connectivity index (χ1n) is 3.19. The molecule has 62 valence electrons. The number of rotatable bonds is 2. The predicted molar refractivity (Wildman–Crippen MR) is 42.3 cm³/mol. The van der Waals surface area contributed by atoms with Crippen LogP contribution in [0.1, 0.15) is 13.8 Å². The molecular weight excluding hydrogens is 164 g/mol. The van der Waals surface area contributed by atoms with E-state index in [1.54, 1.807) is 0 Å². The molecule has 0 aromatic carbocycles. The van der Waals surface area contributed by atoms with E-state index in [2.05, 4.69) is 15.2 Å². The molecule has 0 aliphatic heterocycles. The number of nitrogens with zero attached hydrogens (tertiary/aromatic N) is 2. The zero-order valence-electron chi connectivity index (χ0n) is 6.37. The molecule has 0 amide bonds. The Morgan fingerprint density at radius 3 is 2.64 bits per heavy atom. The Hall–Kier alpha value is -0.910. The number of hydrogen-bond acceptors (Lipinski definition) is 4. The molecule has 0 bridgehead atoms. The van der Waals surface area contributed by atoms with Crippen molar-refractivity contribution >= 4 is 16.7 Å². The average Bonchev–Trinajstić information content (AvgIpc) is 2.34. The van der Waals surface area contributed by atoms with Gasteiger partial charge in [-0.2, -0.15) is 4.98 Å². The van der Waals surface area contributed by atoms with E-state index in [1.807, 2.05) is 13.8 Å². The maximum absolute atomic E-state index is 11.3. The Bertz CT molecular complexity index is 269. The maximum Gasteiger partial charge on any atom is 0.240 e. The van der Waals surface area contributed by atoms with E-state index < -0.39 is 10.8 Å². The molecule has 0 saturated carbocycles. The van der Waals surface area contributed by atoms with E-state index in [0.29, 0.717) is 5.16 Å². The third kappa shape index (κ3) is 1.76. The minimum Gasteiger partial charge on any atom is -0.366 e. The summed E-state index contributed by atoms with van der Waals surface area (Å²) in [5.74, 6) is 0.133. The highest BCUT2D eigenvalue weighted by Crippen LogP contribution is 2.05. The van der Waals surface area contributed by atoms with Crippen LogP contribution in [0, 0.1) is 0 Å². The summed E-state index contributed by atoms with van der Waals surface area (Å²) >= 11 is 0. The summed E-state index contributed by atoms with van der Waals surface area (Å²) in [6.45, 7) is 3.68. The fourth-order valence-corrected chi connectivity index (χ4v) is 1.34. The molecule has 0 unspecified atom stereocenters. The van der Waals surface area contributed by atoms with E-state index in [4.69, 9.17) is 5.73 Å². The third-order valence-corrected chi connectivity index (χ3v) is 2.52. The van der Waals surface area contributed by atoms with Crippen molar-refractivity contribution in [3.8, 4) is 0 Å². The van der Waals surface area contributed by atoms with E-state index >= 15 is 0 Å². The number of hydrogen-bond donors (Lipinski definition) is 2. The first-order valence-corrected chi connectivity index (χ1v) is 4.41. The lowest BCUT2D eigenvalue weighted by Crippen LogP contribution is -2.07. The van der Waals surface area contributed by atoms with Crippen molar-refractivity contribution < 1.29 is 4.21 Å². The highest BCUT2D eigenvalue weighted by Gasteiger charge is 2.11. The highest BCUT2D eigenvalue weighted by atomic mass is 32.2. The summed E-state index contributed by atoms with van der Waals surface area (Å²) < 4.78 is 11.3. The molecule has 0 spiro atoms. The van der Waals surface area contributed by atoms with Crippen LogP contribution in [0.15, 0.2) is 5.16 Å². The average molecular weight is 174 g/mol. The molecule has 5 nitrogen and oxygen atoms in total. The normalized spacial score (nSPS) is 13.7. The maximum atomic E-state index is 11.3. The molecule has 1 aromatic heterocycles. The second kappa shape index (κ2) is 3.00. The first-order chi connectivity index (χ1) is 5.11. The van der Waals surface area contributed by atoms with E-state index in [0.717, 1.165) is 0 Å². The minimum absolute atomic E-state index is 0.0300. The van der Waals surface area contributed by atoms with Gasteiger partial charge in [0.1, 0.15) is 0 Å². The lowest BCUT2D eigenvalue weighted by atomic mass is 10.6. The quantitative estimate of drug-likeness (QED) is 0.655. The van der Waals surface area contributed by atoms with Crippen LogP contribution in [0.25, 0.3) is 0 Å². The van der Waals surface area contributed by atoms with Gasteiger partial charge in [0.25, 0.3) is 0 Å². The zero-order valence-corrected chi connectivity index (χ0v) is 7.18. The van der Waals surface area contributed by atoms with Crippen molar-refractivity contribution in [2.45, 2.75) is 24.3 Å². The van der Waals surface area contributed by atoms with Crippen LogP contribution < -0.4 is 5.73 Å². The lowest BCUT2D eigenvalue weighted by molar-refractivity contribution is 0.669. The van der Waals surface area contributed by atoms with Gasteiger partial charge in [-0.15, -0.1) is 5.10 Å². The van der Waals surface area contributed by atoms with Gasteiger partial charge in [0.05, 0.1) is 10.8 Å². The Morgan fingerprint density at radius 1 is 1.64 bits per heavy atom. The summed E-state index contributed by atoms with van der Waals surface area (Å²) in [5, 5.41) is 6.44. The first kappa shape index (κ1) is 8.19. The van der Waals surface area contributed by atoms with Gasteiger partial charge in [-0.1, -0.05) is 13.8 Å². The third-order valence-electron chi connectivity index (χ3n) is 1.10. The number of aromatic amines is 1. The van der Waals surface area contributed by atoms with Crippen LogP contribution in [0.4, 0.5) is 5.95 Å². The molecule has 1 heterocycles. The molecule has 6 heteroatoms. The molecule has 0 radical (unpaired) electrons. The second-order valence-corrected chi connectivity index (χ2v) is 4.27. The van der Waals surface area contributed by atoms with E-state index in [-0.39, 0.29) is 11.2 Å². The van der Waals surface area contributed by atoms with Crippen LogP contribution in [-0.2, 0) is 10.8 Å². The summed E-state index contributed by atoms with van der Waals surface area (Å²) in [5.41, 5.74) is 5.23. The van der Waals surface area contributed by atoms with Gasteiger partial charge in [0.2, 0.25) is 11.1 Å². The Kier molecular flexibility index (Phi) is 2.23. The molecule has 0 fully saturated rings. The summed E-state index contributed by atoms with van der Waals surface area (Å²) in [6.07, 6.45) is 0. The molecule has 0 aliphatic carbocycles. The van der Waals surface area contributed by atoms with Crippen LogP contribution in [0.3, 0.4) is 0 Å². The largest absolute Gasteiger partial charge is 0.366 e. The van der Waals surface area contributed by atoms with Gasteiger partial charge >= 0.3 is 0 Å². The van der Waals surface area contributed by atoms with Crippen molar-refractivity contribution in [2.24, 2.45) is 0 Å². The second-order valence-electron chi connectivity index (χ2n) is 2.34. The number of nitrogens with one attached hydrogen (secondary N) is 1. The van der Waals surface area contributed by atoms with Crippen LogP contribution in [0.5, 0.6) is 0 Å². The van der Waals surface area contributed by atoms with E-state index in [9.17, 15) is 4.21 Å². The molecule has 3 N–H and O–H groups in total. The Morgan fingerprint density at radius 2 is 2.27 bits per heavy atom. The zero-order chi connectivity index (χ0) is 8.43. The van der Waals surface area contributed by atoms with Crippen LogP contribution in [0.2, 0.25) is 0 Å².